The second-order valence-electron chi connectivity index (χ2n) is 4.75. The van der Waals surface area contributed by atoms with Gasteiger partial charge in [0.25, 0.3) is 5.91 Å². The number of hydrazine groups is 1. The minimum atomic E-state index is -0.249. The molecule has 0 spiro atoms. The first-order chi connectivity index (χ1) is 9.52. The van der Waals surface area contributed by atoms with Crippen LogP contribution >= 0.6 is 12.2 Å². The number of rotatable bonds is 5. The SMILES string of the molecule is COc1ccc(C(=O)NNC(=S)NCCC(C)C)cc1. The number of nitrogens with one attached hydrogen (secondary N) is 3. The molecule has 3 N–H and O–H groups in total. The molecule has 0 aliphatic rings. The maximum atomic E-state index is 11.8. The van der Waals surface area contributed by atoms with Crippen LogP contribution in [-0.2, 0) is 0 Å². The highest BCUT2D eigenvalue weighted by Crippen LogP contribution is 2.10. The standard InChI is InChI=1S/C14H21N3O2S/c1-10(2)8-9-15-14(20)17-16-13(18)11-4-6-12(19-3)7-5-11/h4-7,10H,8-9H2,1-3H3,(H,16,18)(H2,15,17,20). The number of hydrogen-bond donors (Lipinski definition) is 3. The zero-order valence-electron chi connectivity index (χ0n) is 12.0. The highest BCUT2D eigenvalue weighted by atomic mass is 32.1. The van der Waals surface area contributed by atoms with Gasteiger partial charge in [0.2, 0.25) is 0 Å². The Hall–Kier alpha value is -1.82. The molecule has 0 atom stereocenters. The van der Waals surface area contributed by atoms with Crippen molar-refractivity contribution >= 4 is 23.2 Å². The fraction of sp³-hybridized carbons (Fsp3) is 0.429. The van der Waals surface area contributed by atoms with Gasteiger partial charge in [-0.15, -0.1) is 0 Å². The van der Waals surface area contributed by atoms with Crippen molar-refractivity contribution in [2.45, 2.75) is 20.3 Å². The van der Waals surface area contributed by atoms with E-state index >= 15 is 0 Å². The molecule has 1 aromatic rings. The predicted molar refractivity (Wildman–Crippen MR) is 83.7 cm³/mol. The van der Waals surface area contributed by atoms with E-state index in [2.05, 4.69) is 30.0 Å². The Labute approximate surface area is 125 Å². The Kier molecular flexibility index (Phi) is 6.79. The van der Waals surface area contributed by atoms with Crippen molar-refractivity contribution < 1.29 is 9.53 Å². The third kappa shape index (κ3) is 5.88. The number of methoxy groups -OCH3 is 1. The van der Waals surface area contributed by atoms with Gasteiger partial charge < -0.3 is 10.1 Å². The van der Waals surface area contributed by atoms with Crippen LogP contribution < -0.4 is 20.9 Å². The summed E-state index contributed by atoms with van der Waals surface area (Å²) in [4.78, 5) is 11.8. The molecule has 0 bridgehead atoms. The number of carbonyl (C=O) groups is 1. The smallest absolute Gasteiger partial charge is 0.269 e. The molecule has 0 aromatic heterocycles. The third-order valence-corrected chi connectivity index (χ3v) is 2.90. The van der Waals surface area contributed by atoms with E-state index in [1.165, 1.54) is 0 Å². The highest BCUT2D eigenvalue weighted by Gasteiger charge is 2.05. The molecule has 0 aliphatic carbocycles. The number of benzene rings is 1. The Morgan fingerprint density at radius 3 is 2.45 bits per heavy atom. The minimum absolute atomic E-state index is 0.249. The van der Waals surface area contributed by atoms with Crippen LogP contribution in [0.2, 0.25) is 0 Å². The molecule has 6 heteroatoms. The van der Waals surface area contributed by atoms with E-state index in [4.69, 9.17) is 17.0 Å². The summed E-state index contributed by atoms with van der Waals surface area (Å²) in [6.45, 7) is 5.06. The molecule has 1 aromatic carbocycles. The predicted octanol–water partition coefficient (Wildman–Crippen LogP) is 1.85. The molecule has 0 heterocycles. The van der Waals surface area contributed by atoms with Crippen molar-refractivity contribution in [1.29, 1.82) is 0 Å². The Morgan fingerprint density at radius 1 is 1.25 bits per heavy atom. The van der Waals surface area contributed by atoms with E-state index in [9.17, 15) is 4.79 Å². The first-order valence-electron chi connectivity index (χ1n) is 6.51. The van der Waals surface area contributed by atoms with E-state index in [0.717, 1.165) is 13.0 Å². The topological polar surface area (TPSA) is 62.4 Å². The Morgan fingerprint density at radius 2 is 1.90 bits per heavy atom. The van der Waals surface area contributed by atoms with Gasteiger partial charge in [0.15, 0.2) is 5.11 Å². The van der Waals surface area contributed by atoms with Gasteiger partial charge in [-0.25, -0.2) is 0 Å². The van der Waals surface area contributed by atoms with Crippen LogP contribution in [0.3, 0.4) is 0 Å². The molecule has 110 valence electrons. The quantitative estimate of drug-likeness (QED) is 0.571. The number of carbonyl (C=O) groups excluding carboxylic acids is 1. The second-order valence-corrected chi connectivity index (χ2v) is 5.15. The normalized spacial score (nSPS) is 10.0. The van der Waals surface area contributed by atoms with E-state index in [0.29, 0.717) is 22.3 Å². The zero-order valence-corrected chi connectivity index (χ0v) is 12.8. The van der Waals surface area contributed by atoms with Crippen molar-refractivity contribution in [3.63, 3.8) is 0 Å². The largest absolute Gasteiger partial charge is 0.497 e. The maximum Gasteiger partial charge on any atom is 0.269 e. The lowest BCUT2D eigenvalue weighted by molar-refractivity contribution is 0.0943. The van der Waals surface area contributed by atoms with Gasteiger partial charge in [0, 0.05) is 12.1 Å². The fourth-order valence-electron chi connectivity index (χ4n) is 1.45. The minimum Gasteiger partial charge on any atom is -0.497 e. The van der Waals surface area contributed by atoms with E-state index in [-0.39, 0.29) is 5.91 Å². The summed E-state index contributed by atoms with van der Waals surface area (Å²) >= 11 is 5.06. The van der Waals surface area contributed by atoms with Crippen LogP contribution in [0.15, 0.2) is 24.3 Å². The van der Waals surface area contributed by atoms with Crippen LogP contribution in [0.25, 0.3) is 0 Å². The Balaban J connectivity index is 2.33. The number of ether oxygens (including phenoxy) is 1. The van der Waals surface area contributed by atoms with Crippen molar-refractivity contribution in [2.75, 3.05) is 13.7 Å². The average Bonchev–Trinajstić information content (AvgIpc) is 2.44. The van der Waals surface area contributed by atoms with Gasteiger partial charge in [0.05, 0.1) is 7.11 Å². The van der Waals surface area contributed by atoms with Gasteiger partial charge in [-0.1, -0.05) is 13.8 Å². The monoisotopic (exact) mass is 295 g/mol. The second kappa shape index (κ2) is 8.37. The van der Waals surface area contributed by atoms with E-state index in [1.807, 2.05) is 0 Å². The molecule has 20 heavy (non-hydrogen) atoms. The summed E-state index contributed by atoms with van der Waals surface area (Å²) in [6, 6.07) is 6.83. The summed E-state index contributed by atoms with van der Waals surface area (Å²) in [7, 11) is 1.58. The first kappa shape index (κ1) is 16.2. The summed E-state index contributed by atoms with van der Waals surface area (Å²) in [5.74, 6) is 1.07. The molecule has 1 amide bonds. The summed E-state index contributed by atoms with van der Waals surface area (Å²) in [5, 5.41) is 3.43. The lowest BCUT2D eigenvalue weighted by atomic mass is 10.1. The molecule has 0 radical (unpaired) electrons. The molecule has 5 nitrogen and oxygen atoms in total. The zero-order chi connectivity index (χ0) is 15.0. The highest BCUT2D eigenvalue weighted by molar-refractivity contribution is 7.80. The van der Waals surface area contributed by atoms with Gasteiger partial charge in [0.1, 0.15) is 5.75 Å². The van der Waals surface area contributed by atoms with Crippen LogP contribution in [0.1, 0.15) is 30.6 Å². The van der Waals surface area contributed by atoms with E-state index in [1.54, 1.807) is 31.4 Å². The molecule has 0 saturated heterocycles. The summed E-state index contributed by atoms with van der Waals surface area (Å²) in [5.41, 5.74) is 5.74. The van der Waals surface area contributed by atoms with Crippen LogP contribution in [0.5, 0.6) is 5.75 Å². The van der Waals surface area contributed by atoms with Crippen molar-refractivity contribution in [3.8, 4) is 5.75 Å². The van der Waals surface area contributed by atoms with Gasteiger partial charge in [-0.05, 0) is 48.8 Å². The average molecular weight is 295 g/mol. The molecule has 1 rings (SSSR count). The Bertz CT molecular complexity index is 446. The number of hydrogen-bond acceptors (Lipinski definition) is 3. The first-order valence-corrected chi connectivity index (χ1v) is 6.92. The number of amides is 1. The third-order valence-electron chi connectivity index (χ3n) is 2.65. The molecular formula is C14H21N3O2S. The van der Waals surface area contributed by atoms with Crippen molar-refractivity contribution in [2.24, 2.45) is 5.92 Å². The van der Waals surface area contributed by atoms with Crippen LogP contribution in [0.4, 0.5) is 0 Å². The van der Waals surface area contributed by atoms with E-state index < -0.39 is 0 Å². The van der Waals surface area contributed by atoms with Crippen LogP contribution in [-0.4, -0.2) is 24.7 Å². The molecule has 0 fully saturated rings. The molecule has 0 unspecified atom stereocenters. The number of thiocarbonyl (C=S) groups is 1. The molecule has 0 saturated carbocycles. The fourth-order valence-corrected chi connectivity index (χ4v) is 1.60. The summed E-state index contributed by atoms with van der Waals surface area (Å²) < 4.78 is 5.03. The summed E-state index contributed by atoms with van der Waals surface area (Å²) in [6.07, 6.45) is 1.02. The molecular weight excluding hydrogens is 274 g/mol. The van der Waals surface area contributed by atoms with Crippen molar-refractivity contribution in [1.82, 2.24) is 16.2 Å². The van der Waals surface area contributed by atoms with Gasteiger partial charge in [-0.3, -0.25) is 15.6 Å². The lowest BCUT2D eigenvalue weighted by Crippen LogP contribution is -2.47. The van der Waals surface area contributed by atoms with Gasteiger partial charge in [-0.2, -0.15) is 0 Å². The lowest BCUT2D eigenvalue weighted by Gasteiger charge is -2.12. The van der Waals surface area contributed by atoms with Gasteiger partial charge >= 0.3 is 0 Å². The van der Waals surface area contributed by atoms with Crippen molar-refractivity contribution in [3.05, 3.63) is 29.8 Å². The maximum absolute atomic E-state index is 11.8. The van der Waals surface area contributed by atoms with Crippen LogP contribution in [0, 0.1) is 5.92 Å². The molecule has 0 aliphatic heterocycles.